The van der Waals surface area contributed by atoms with E-state index in [0.717, 1.165) is 0 Å². The Morgan fingerprint density at radius 1 is 1.10 bits per heavy atom. The average molecular weight is 545 g/mol. The van der Waals surface area contributed by atoms with E-state index in [1.54, 1.807) is 51.5 Å². The van der Waals surface area contributed by atoms with Crippen LogP contribution in [0.5, 0.6) is 11.5 Å². The summed E-state index contributed by atoms with van der Waals surface area (Å²) in [5.41, 5.74) is 4.08. The van der Waals surface area contributed by atoms with E-state index in [4.69, 9.17) is 10.5 Å². The number of likely N-dealkylation sites (N-methyl/N-ethyl adjacent to an activating group) is 1. The lowest BCUT2D eigenvalue weighted by molar-refractivity contribution is -0.181. The second-order valence-electron chi connectivity index (χ2n) is 10.8. The molecule has 4 N–H and O–H groups in total. The van der Waals surface area contributed by atoms with E-state index in [9.17, 15) is 34.2 Å². The first-order chi connectivity index (χ1) is 18.9. The molecule has 40 heavy (non-hydrogen) atoms. The zero-order valence-electron chi connectivity index (χ0n) is 22.1. The van der Waals surface area contributed by atoms with Gasteiger partial charge in [0.1, 0.15) is 11.5 Å². The number of fused-ring (bicyclic) bond motifs is 3. The summed E-state index contributed by atoms with van der Waals surface area (Å²) >= 11 is 0. The number of hydrogen-bond acceptors (Lipinski definition) is 9. The van der Waals surface area contributed by atoms with Crippen molar-refractivity contribution in [3.05, 3.63) is 58.7 Å². The fourth-order valence-corrected chi connectivity index (χ4v) is 6.56. The van der Waals surface area contributed by atoms with Gasteiger partial charge in [-0.25, -0.2) is 0 Å². The monoisotopic (exact) mass is 544 g/mol. The second kappa shape index (κ2) is 9.70. The number of aliphatic hydroxyl groups is 1. The van der Waals surface area contributed by atoms with E-state index in [1.807, 2.05) is 0 Å². The van der Waals surface area contributed by atoms with Crippen LogP contribution in [0.15, 0.2) is 36.4 Å². The minimum atomic E-state index is -2.75. The highest BCUT2D eigenvalue weighted by Crippen LogP contribution is 2.50. The summed E-state index contributed by atoms with van der Waals surface area (Å²) in [6.07, 6.45) is 0.116. The van der Waals surface area contributed by atoms with Crippen LogP contribution < -0.4 is 10.5 Å². The number of carbonyl (C=O) groups is 5. The summed E-state index contributed by atoms with van der Waals surface area (Å²) in [5, 5.41) is 22.3. The van der Waals surface area contributed by atoms with Gasteiger partial charge in [0.2, 0.25) is 5.91 Å². The lowest BCUT2D eigenvalue weighted by Crippen LogP contribution is -2.74. The molecule has 1 amide bonds. The van der Waals surface area contributed by atoms with Crippen LogP contribution in [-0.2, 0) is 25.6 Å². The molecule has 0 heterocycles. The number of phenolic OH excluding ortho intramolecular Hbond substituents is 1. The summed E-state index contributed by atoms with van der Waals surface area (Å²) in [7, 11) is 4.62. The van der Waals surface area contributed by atoms with Gasteiger partial charge in [-0.05, 0) is 68.8 Å². The van der Waals surface area contributed by atoms with Crippen molar-refractivity contribution in [2.24, 2.45) is 29.4 Å². The van der Waals surface area contributed by atoms with Gasteiger partial charge in [0.15, 0.2) is 34.7 Å². The Hall–Kier alpha value is -4.33. The van der Waals surface area contributed by atoms with Crippen LogP contribution in [0.1, 0.15) is 33.5 Å². The molecular formula is C30H28N2O8. The predicted molar refractivity (Wildman–Crippen MR) is 140 cm³/mol. The Morgan fingerprint density at radius 2 is 1.82 bits per heavy atom. The zero-order chi connectivity index (χ0) is 29.1. The number of rotatable bonds is 3. The quantitative estimate of drug-likeness (QED) is 0.364. The van der Waals surface area contributed by atoms with E-state index in [2.05, 4.69) is 11.8 Å². The highest BCUT2D eigenvalue weighted by Gasteiger charge is 2.69. The van der Waals surface area contributed by atoms with Gasteiger partial charge in [0.25, 0.3) is 0 Å². The van der Waals surface area contributed by atoms with Crippen molar-refractivity contribution in [2.45, 2.75) is 24.5 Å². The topological polar surface area (TPSA) is 164 Å². The highest BCUT2D eigenvalue weighted by atomic mass is 16.5. The third-order valence-corrected chi connectivity index (χ3v) is 8.36. The molecule has 6 atom stereocenters. The van der Waals surface area contributed by atoms with Crippen molar-refractivity contribution >= 4 is 29.0 Å². The molecule has 10 heteroatoms. The molecule has 2 aromatic carbocycles. The first-order valence-corrected chi connectivity index (χ1v) is 12.8. The number of phenols is 1. The Labute approximate surface area is 230 Å². The Kier molecular flexibility index (Phi) is 6.60. The van der Waals surface area contributed by atoms with Crippen molar-refractivity contribution in [2.75, 3.05) is 21.2 Å². The minimum Gasteiger partial charge on any atom is -0.507 e. The maximum atomic E-state index is 13.9. The smallest absolute Gasteiger partial charge is 0.235 e. The van der Waals surface area contributed by atoms with E-state index >= 15 is 0 Å². The second-order valence-corrected chi connectivity index (χ2v) is 10.8. The predicted octanol–water partition coefficient (Wildman–Crippen LogP) is 0.275. The third kappa shape index (κ3) is 3.93. The number of methoxy groups -OCH3 is 1. The van der Waals surface area contributed by atoms with Gasteiger partial charge >= 0.3 is 0 Å². The van der Waals surface area contributed by atoms with E-state index in [0.29, 0.717) is 22.4 Å². The molecule has 0 spiro atoms. The molecule has 0 aliphatic heterocycles. The number of nitrogens with zero attached hydrogens (tertiary/aromatic N) is 1. The SMILES string of the molecule is COc1cccc(C#Cc2ccc(O)c3c2C[C@@H]2C[C@@H]4[C@@H](N(C)C)C(=O)C(C(N)=O)C(=O)[C@]4(O)C(=O)C2C3=O)c1. The number of primary amides is 1. The molecule has 5 rings (SSSR count). The van der Waals surface area contributed by atoms with E-state index in [1.165, 1.54) is 11.0 Å². The molecule has 0 bridgehead atoms. The fourth-order valence-electron chi connectivity index (χ4n) is 6.56. The Bertz CT molecular complexity index is 1550. The standard InChI is InChI=1S/C30H28N2O8/c1-32(2)24-19-13-16-12-18-15(8-7-14-5-4-6-17(11-14)40-3)9-10-20(33)22(18)25(34)21(16)27(36)30(19,39)28(37)23(26(24)35)29(31)38/h4-6,9-11,16,19,21,23-24,33,39H,12-13H2,1-3H3,(H2,31,38)/t16-,19-,21?,23?,24-,30-/m1/s1. The van der Waals surface area contributed by atoms with Gasteiger partial charge in [-0.2, -0.15) is 0 Å². The van der Waals surface area contributed by atoms with E-state index < -0.39 is 64.4 Å². The number of Topliss-reactive ketones (excluding diaryl/α,β-unsaturated/α-hetero) is 4. The Balaban J connectivity index is 1.60. The van der Waals surface area contributed by atoms with Crippen LogP contribution in [0.25, 0.3) is 0 Å². The average Bonchev–Trinajstić information content (AvgIpc) is 2.90. The zero-order valence-corrected chi connectivity index (χ0v) is 22.1. The third-order valence-electron chi connectivity index (χ3n) is 8.36. The highest BCUT2D eigenvalue weighted by molar-refractivity contribution is 6.32. The van der Waals surface area contributed by atoms with Gasteiger partial charge in [0.05, 0.1) is 24.6 Å². The maximum absolute atomic E-state index is 13.9. The van der Waals surface area contributed by atoms with Gasteiger partial charge in [-0.1, -0.05) is 17.9 Å². The Morgan fingerprint density at radius 3 is 2.48 bits per heavy atom. The molecule has 0 radical (unpaired) electrons. The van der Waals surface area contributed by atoms with Crippen molar-refractivity contribution in [3.8, 4) is 23.3 Å². The number of nitrogens with two attached hydrogens (primary N) is 1. The number of amides is 1. The van der Waals surface area contributed by atoms with Crippen LogP contribution in [0.2, 0.25) is 0 Å². The molecular weight excluding hydrogens is 516 g/mol. The molecule has 2 fully saturated rings. The van der Waals surface area contributed by atoms with Gasteiger partial charge in [-0.15, -0.1) is 0 Å². The number of aromatic hydroxyl groups is 1. The molecule has 10 nitrogen and oxygen atoms in total. The first kappa shape index (κ1) is 27.2. The fraction of sp³-hybridized carbons (Fsp3) is 0.367. The molecule has 206 valence electrons. The minimum absolute atomic E-state index is 0.0255. The van der Waals surface area contributed by atoms with Crippen LogP contribution in [-0.4, -0.2) is 77.0 Å². The summed E-state index contributed by atoms with van der Waals surface area (Å²) in [6.45, 7) is 0. The van der Waals surface area contributed by atoms with Crippen LogP contribution >= 0.6 is 0 Å². The number of hydrogen-bond donors (Lipinski definition) is 3. The van der Waals surface area contributed by atoms with Crippen LogP contribution in [0.3, 0.4) is 0 Å². The number of carbonyl (C=O) groups excluding carboxylic acids is 5. The number of ether oxygens (including phenoxy) is 1. The van der Waals surface area contributed by atoms with E-state index in [-0.39, 0.29) is 24.2 Å². The van der Waals surface area contributed by atoms with Crippen LogP contribution in [0, 0.1) is 35.5 Å². The largest absolute Gasteiger partial charge is 0.507 e. The molecule has 3 aliphatic rings. The summed E-state index contributed by atoms with van der Waals surface area (Å²) in [4.78, 5) is 67.7. The van der Waals surface area contributed by atoms with Gasteiger partial charge in [-0.3, -0.25) is 28.9 Å². The summed E-state index contributed by atoms with van der Waals surface area (Å²) < 4.78 is 5.23. The lowest BCUT2D eigenvalue weighted by Gasteiger charge is -2.52. The van der Waals surface area contributed by atoms with Gasteiger partial charge in [0, 0.05) is 17.0 Å². The van der Waals surface area contributed by atoms with Crippen LogP contribution in [0.4, 0.5) is 0 Å². The van der Waals surface area contributed by atoms with Crippen molar-refractivity contribution in [1.29, 1.82) is 0 Å². The normalized spacial score (nSPS) is 29.2. The summed E-state index contributed by atoms with van der Waals surface area (Å²) in [5.74, 6) is -4.13. The molecule has 0 aromatic heterocycles. The molecule has 2 unspecified atom stereocenters. The molecule has 2 saturated carbocycles. The van der Waals surface area contributed by atoms with Crippen molar-refractivity contribution in [3.63, 3.8) is 0 Å². The number of benzene rings is 2. The molecule has 3 aliphatic carbocycles. The summed E-state index contributed by atoms with van der Waals surface area (Å²) in [6, 6.07) is 8.85. The lowest BCUT2D eigenvalue weighted by atomic mass is 9.52. The maximum Gasteiger partial charge on any atom is 0.235 e. The first-order valence-electron chi connectivity index (χ1n) is 12.8. The van der Waals surface area contributed by atoms with Crippen molar-refractivity contribution in [1.82, 2.24) is 4.90 Å². The molecule has 2 aromatic rings. The number of ketones is 4. The molecule has 0 saturated heterocycles. The van der Waals surface area contributed by atoms with Gasteiger partial charge < -0.3 is 20.7 Å². The van der Waals surface area contributed by atoms with Crippen molar-refractivity contribution < 1.29 is 38.9 Å².